The zero-order valence-corrected chi connectivity index (χ0v) is 18.8. The third-order valence-corrected chi connectivity index (χ3v) is 6.41. The van der Waals surface area contributed by atoms with Crippen molar-refractivity contribution < 1.29 is 9.59 Å². The number of carbonyl (C=O) groups excluding carboxylic acids is 2. The Labute approximate surface area is 189 Å². The molecule has 1 aromatic heterocycles. The SMILES string of the molecule is Cc1ccc(C)c(NC(=O)N2CCC[C@H]2c2nnc(C(=O)Nc3cccc(Cl)c3)s2)c1. The number of aryl methyl sites for hydroxylation is 2. The van der Waals surface area contributed by atoms with E-state index < -0.39 is 0 Å². The molecular weight excluding hydrogens is 434 g/mol. The summed E-state index contributed by atoms with van der Waals surface area (Å²) >= 11 is 7.17. The van der Waals surface area contributed by atoms with Gasteiger partial charge >= 0.3 is 6.03 Å². The number of anilines is 2. The lowest BCUT2D eigenvalue weighted by Gasteiger charge is -2.23. The molecule has 160 valence electrons. The lowest BCUT2D eigenvalue weighted by Crippen LogP contribution is -2.34. The van der Waals surface area contributed by atoms with Crippen LogP contribution in [0.2, 0.25) is 5.02 Å². The van der Waals surface area contributed by atoms with Crippen molar-refractivity contribution >= 4 is 46.3 Å². The molecule has 0 aliphatic carbocycles. The zero-order valence-electron chi connectivity index (χ0n) is 17.2. The molecule has 0 radical (unpaired) electrons. The van der Waals surface area contributed by atoms with Crippen LogP contribution in [0.4, 0.5) is 16.2 Å². The standard InChI is InChI=1S/C22H22ClN5O2S/c1-13-8-9-14(2)17(11-13)25-22(30)28-10-4-7-18(28)20-26-27-21(31-20)19(29)24-16-6-3-5-15(23)12-16/h3,5-6,8-9,11-12,18H,4,7,10H2,1-2H3,(H,24,29)(H,25,30)/t18-/m0/s1. The summed E-state index contributed by atoms with van der Waals surface area (Å²) in [4.78, 5) is 27.3. The van der Waals surface area contributed by atoms with Crippen LogP contribution in [0, 0.1) is 13.8 Å². The van der Waals surface area contributed by atoms with Crippen molar-refractivity contribution in [2.75, 3.05) is 17.2 Å². The van der Waals surface area contributed by atoms with Crippen LogP contribution in [0.25, 0.3) is 0 Å². The van der Waals surface area contributed by atoms with E-state index in [-0.39, 0.29) is 23.0 Å². The van der Waals surface area contributed by atoms with Gasteiger partial charge in [-0.3, -0.25) is 4.79 Å². The summed E-state index contributed by atoms with van der Waals surface area (Å²) in [6.07, 6.45) is 1.65. The van der Waals surface area contributed by atoms with Crippen LogP contribution in [0.15, 0.2) is 42.5 Å². The number of nitrogens with one attached hydrogen (secondary N) is 2. The molecule has 1 atom stereocenters. The number of benzene rings is 2. The van der Waals surface area contributed by atoms with Crippen molar-refractivity contribution in [1.82, 2.24) is 15.1 Å². The Morgan fingerprint density at radius 3 is 2.77 bits per heavy atom. The highest BCUT2D eigenvalue weighted by Gasteiger charge is 2.33. The van der Waals surface area contributed by atoms with E-state index in [1.165, 1.54) is 11.3 Å². The van der Waals surface area contributed by atoms with Crippen molar-refractivity contribution in [2.45, 2.75) is 32.7 Å². The quantitative estimate of drug-likeness (QED) is 0.549. The van der Waals surface area contributed by atoms with Gasteiger partial charge in [0.05, 0.1) is 6.04 Å². The summed E-state index contributed by atoms with van der Waals surface area (Å²) in [5.74, 6) is -0.351. The van der Waals surface area contributed by atoms with Gasteiger partial charge < -0.3 is 15.5 Å². The first-order valence-corrected chi connectivity index (χ1v) is 11.2. The summed E-state index contributed by atoms with van der Waals surface area (Å²) in [5, 5.41) is 15.5. The van der Waals surface area contributed by atoms with Crippen molar-refractivity contribution in [2.24, 2.45) is 0 Å². The number of halogens is 1. The van der Waals surface area contributed by atoms with Crippen LogP contribution in [0.5, 0.6) is 0 Å². The Morgan fingerprint density at radius 2 is 1.97 bits per heavy atom. The van der Waals surface area contributed by atoms with Crippen molar-refractivity contribution in [3.05, 3.63) is 68.6 Å². The number of amides is 3. The highest BCUT2D eigenvalue weighted by molar-refractivity contribution is 7.13. The molecule has 31 heavy (non-hydrogen) atoms. The maximum atomic E-state index is 13.0. The molecule has 2 aromatic carbocycles. The number of urea groups is 1. The predicted molar refractivity (Wildman–Crippen MR) is 123 cm³/mol. The maximum Gasteiger partial charge on any atom is 0.322 e. The highest BCUT2D eigenvalue weighted by Crippen LogP contribution is 2.34. The zero-order chi connectivity index (χ0) is 22.0. The van der Waals surface area contributed by atoms with E-state index in [0.717, 1.165) is 29.7 Å². The molecule has 1 fully saturated rings. The van der Waals surface area contributed by atoms with Crippen LogP contribution in [-0.2, 0) is 0 Å². The number of carbonyl (C=O) groups is 2. The molecule has 9 heteroatoms. The Bertz CT molecular complexity index is 1130. The first kappa shape index (κ1) is 21.3. The number of rotatable bonds is 4. The van der Waals surface area contributed by atoms with Gasteiger partial charge in [0.15, 0.2) is 0 Å². The number of nitrogens with zero attached hydrogens (tertiary/aromatic N) is 3. The topological polar surface area (TPSA) is 87.2 Å². The molecule has 1 saturated heterocycles. The van der Waals surface area contributed by atoms with E-state index in [0.29, 0.717) is 22.3 Å². The third kappa shape index (κ3) is 4.86. The molecule has 0 unspecified atom stereocenters. The van der Waals surface area contributed by atoms with E-state index in [2.05, 4.69) is 20.8 Å². The summed E-state index contributed by atoms with van der Waals surface area (Å²) < 4.78 is 0. The van der Waals surface area contributed by atoms with Gasteiger partial charge in [-0.1, -0.05) is 41.1 Å². The Hall–Kier alpha value is -2.97. The Kier molecular flexibility index (Phi) is 6.20. The maximum absolute atomic E-state index is 13.0. The fourth-order valence-corrected chi connectivity index (χ4v) is 4.61. The minimum Gasteiger partial charge on any atom is -0.320 e. The summed E-state index contributed by atoms with van der Waals surface area (Å²) in [5.41, 5.74) is 3.48. The average Bonchev–Trinajstić information content (AvgIpc) is 3.40. The number of likely N-dealkylation sites (tertiary alicyclic amines) is 1. The monoisotopic (exact) mass is 455 g/mol. The number of hydrogen-bond donors (Lipinski definition) is 2. The second-order valence-corrected chi connectivity index (χ2v) is 8.96. The van der Waals surface area contributed by atoms with Crippen LogP contribution in [-0.4, -0.2) is 33.6 Å². The van der Waals surface area contributed by atoms with Crippen LogP contribution >= 0.6 is 22.9 Å². The summed E-state index contributed by atoms with van der Waals surface area (Å²) in [7, 11) is 0. The highest BCUT2D eigenvalue weighted by atomic mass is 35.5. The van der Waals surface area contributed by atoms with Gasteiger partial charge in [0.2, 0.25) is 5.01 Å². The molecule has 3 amide bonds. The average molecular weight is 456 g/mol. The van der Waals surface area contributed by atoms with Gasteiger partial charge in [0.25, 0.3) is 5.91 Å². The number of aromatic nitrogens is 2. The van der Waals surface area contributed by atoms with Gasteiger partial charge in [-0.05, 0) is 62.1 Å². The van der Waals surface area contributed by atoms with Crippen molar-refractivity contribution in [1.29, 1.82) is 0 Å². The van der Waals surface area contributed by atoms with Gasteiger partial charge in [-0.15, -0.1) is 10.2 Å². The molecule has 0 saturated carbocycles. The summed E-state index contributed by atoms with van der Waals surface area (Å²) in [6, 6.07) is 12.5. The summed E-state index contributed by atoms with van der Waals surface area (Å²) in [6.45, 7) is 4.59. The van der Waals surface area contributed by atoms with Gasteiger partial charge in [0, 0.05) is 22.9 Å². The van der Waals surface area contributed by atoms with Gasteiger partial charge in [-0.25, -0.2) is 4.79 Å². The smallest absolute Gasteiger partial charge is 0.320 e. The van der Waals surface area contributed by atoms with Crippen LogP contribution in [0.1, 0.15) is 44.8 Å². The van der Waals surface area contributed by atoms with Crippen molar-refractivity contribution in [3.8, 4) is 0 Å². The van der Waals surface area contributed by atoms with E-state index in [4.69, 9.17) is 11.6 Å². The minimum absolute atomic E-state index is 0.170. The largest absolute Gasteiger partial charge is 0.322 e. The van der Waals surface area contributed by atoms with Crippen LogP contribution in [0.3, 0.4) is 0 Å². The van der Waals surface area contributed by atoms with E-state index in [9.17, 15) is 9.59 Å². The fraction of sp³-hybridized carbons (Fsp3) is 0.273. The first-order chi connectivity index (χ1) is 14.9. The molecule has 4 rings (SSSR count). The minimum atomic E-state index is -0.351. The second-order valence-electron chi connectivity index (χ2n) is 7.51. The molecule has 1 aliphatic rings. The molecular formula is C22H22ClN5O2S. The lowest BCUT2D eigenvalue weighted by atomic mass is 10.1. The Balaban J connectivity index is 1.46. The normalized spacial score (nSPS) is 15.7. The number of hydrogen-bond acceptors (Lipinski definition) is 5. The lowest BCUT2D eigenvalue weighted by molar-refractivity contribution is 0.102. The second kappa shape index (κ2) is 9.03. The van der Waals surface area contributed by atoms with Crippen LogP contribution < -0.4 is 10.6 Å². The van der Waals surface area contributed by atoms with Gasteiger partial charge in [-0.2, -0.15) is 0 Å². The van der Waals surface area contributed by atoms with Crippen molar-refractivity contribution in [3.63, 3.8) is 0 Å². The molecule has 7 nitrogen and oxygen atoms in total. The van der Waals surface area contributed by atoms with E-state index in [1.54, 1.807) is 29.2 Å². The molecule has 0 bridgehead atoms. The fourth-order valence-electron chi connectivity index (χ4n) is 3.54. The molecule has 2 heterocycles. The molecule has 3 aromatic rings. The van der Waals surface area contributed by atoms with E-state index >= 15 is 0 Å². The molecule has 0 spiro atoms. The molecule has 1 aliphatic heterocycles. The third-order valence-electron chi connectivity index (χ3n) is 5.15. The Morgan fingerprint density at radius 1 is 1.13 bits per heavy atom. The van der Waals surface area contributed by atoms with E-state index in [1.807, 2.05) is 32.0 Å². The predicted octanol–water partition coefficient (Wildman–Crippen LogP) is 5.43. The molecule has 2 N–H and O–H groups in total. The first-order valence-electron chi connectivity index (χ1n) is 9.96. The van der Waals surface area contributed by atoms with Gasteiger partial charge in [0.1, 0.15) is 5.01 Å².